The van der Waals surface area contributed by atoms with Crippen molar-refractivity contribution in [1.29, 1.82) is 0 Å². The third kappa shape index (κ3) is 7.02. The molecule has 0 saturated carbocycles. The molecule has 1 aliphatic carbocycles. The second-order valence-corrected chi connectivity index (χ2v) is 8.79. The zero-order valence-electron chi connectivity index (χ0n) is 19.4. The summed E-state index contributed by atoms with van der Waals surface area (Å²) in [5.74, 6) is -1.88. The van der Waals surface area contributed by atoms with Gasteiger partial charge in [-0.1, -0.05) is 19.9 Å². The van der Waals surface area contributed by atoms with Gasteiger partial charge in [0, 0.05) is 37.3 Å². The van der Waals surface area contributed by atoms with Gasteiger partial charge in [0.2, 0.25) is 11.8 Å². The topological polar surface area (TPSA) is 122 Å². The van der Waals surface area contributed by atoms with Crippen LogP contribution in [-0.4, -0.2) is 48.1 Å². The van der Waals surface area contributed by atoms with Crippen molar-refractivity contribution in [2.75, 3.05) is 26.2 Å². The van der Waals surface area contributed by atoms with E-state index in [1.54, 1.807) is 0 Å². The first-order chi connectivity index (χ1) is 15.5. The largest absolute Gasteiger partial charge is 0.402 e. The third-order valence-corrected chi connectivity index (χ3v) is 6.06. The number of carbonyl (C=O) groups excluding carboxylic acids is 2. The van der Waals surface area contributed by atoms with Crippen LogP contribution in [0.15, 0.2) is 35.5 Å². The zero-order chi connectivity index (χ0) is 24.7. The molecule has 2 amide bonds. The average Bonchev–Trinajstić information content (AvgIpc) is 2.73. The number of nitrogens with two attached hydrogens (primary N) is 2. The highest BCUT2D eigenvalue weighted by molar-refractivity contribution is 5.83. The molecule has 9 heteroatoms. The number of benzene rings is 1. The summed E-state index contributed by atoms with van der Waals surface area (Å²) >= 11 is 0. The lowest BCUT2D eigenvalue weighted by Crippen LogP contribution is -2.45. The summed E-state index contributed by atoms with van der Waals surface area (Å²) in [5.41, 5.74) is 13.4. The number of nitrogens with zero attached hydrogens (tertiary/aromatic N) is 1. The van der Waals surface area contributed by atoms with Crippen LogP contribution in [0.25, 0.3) is 5.70 Å². The van der Waals surface area contributed by atoms with Crippen LogP contribution in [0.3, 0.4) is 0 Å². The van der Waals surface area contributed by atoms with Crippen LogP contribution >= 0.6 is 0 Å². The van der Waals surface area contributed by atoms with Crippen LogP contribution < -0.4 is 16.8 Å². The van der Waals surface area contributed by atoms with E-state index in [-0.39, 0.29) is 61.2 Å². The van der Waals surface area contributed by atoms with Gasteiger partial charge in [-0.15, -0.1) is 0 Å². The Bertz CT molecular complexity index is 910. The van der Waals surface area contributed by atoms with Crippen molar-refractivity contribution >= 4 is 17.5 Å². The highest BCUT2D eigenvalue weighted by atomic mass is 19.1. The number of aliphatic hydroxyl groups excluding tert-OH is 1. The predicted molar refractivity (Wildman–Crippen MR) is 123 cm³/mol. The summed E-state index contributed by atoms with van der Waals surface area (Å²) in [5, 5.41) is 11.9. The van der Waals surface area contributed by atoms with Crippen molar-refractivity contribution in [2.45, 2.75) is 33.6 Å². The molecule has 1 aliphatic rings. The number of hydrogen-bond acceptors (Lipinski definition) is 5. The maximum atomic E-state index is 14.2. The summed E-state index contributed by atoms with van der Waals surface area (Å²) in [6.45, 7) is 5.42. The summed E-state index contributed by atoms with van der Waals surface area (Å²) in [6, 6.07) is 3.56. The molecular formula is C24H34F2N4O3. The lowest BCUT2D eigenvalue weighted by Gasteiger charge is -2.36. The van der Waals surface area contributed by atoms with E-state index in [9.17, 15) is 23.5 Å². The molecule has 1 aromatic carbocycles. The number of hydrogen-bond donors (Lipinski definition) is 4. The van der Waals surface area contributed by atoms with Crippen molar-refractivity contribution in [3.05, 3.63) is 52.7 Å². The lowest BCUT2D eigenvalue weighted by molar-refractivity contribution is -0.133. The molecule has 0 bridgehead atoms. The van der Waals surface area contributed by atoms with Crippen molar-refractivity contribution < 1.29 is 23.5 Å². The molecule has 0 radical (unpaired) electrons. The first-order valence-corrected chi connectivity index (χ1v) is 11.1. The quantitative estimate of drug-likeness (QED) is 0.446. The molecule has 6 N–H and O–H groups in total. The second kappa shape index (κ2) is 11.8. The van der Waals surface area contributed by atoms with Crippen molar-refractivity contribution in [3.8, 4) is 0 Å². The number of amides is 2. The van der Waals surface area contributed by atoms with Crippen LogP contribution in [0.5, 0.6) is 0 Å². The maximum absolute atomic E-state index is 14.2. The van der Waals surface area contributed by atoms with Gasteiger partial charge < -0.3 is 26.8 Å². The zero-order valence-corrected chi connectivity index (χ0v) is 19.4. The number of halogens is 2. The van der Waals surface area contributed by atoms with Gasteiger partial charge in [0.25, 0.3) is 0 Å². The first-order valence-electron chi connectivity index (χ1n) is 11.1. The molecule has 7 nitrogen and oxygen atoms in total. The van der Waals surface area contributed by atoms with E-state index in [1.165, 1.54) is 24.0 Å². The van der Waals surface area contributed by atoms with E-state index < -0.39 is 11.6 Å². The monoisotopic (exact) mass is 464 g/mol. The molecule has 0 aliphatic heterocycles. The summed E-state index contributed by atoms with van der Waals surface area (Å²) < 4.78 is 28.4. The van der Waals surface area contributed by atoms with Crippen LogP contribution in [0.1, 0.15) is 39.2 Å². The smallest absolute Gasteiger partial charge is 0.242 e. The lowest BCUT2D eigenvalue weighted by atomic mass is 9.74. The van der Waals surface area contributed by atoms with Gasteiger partial charge in [-0.05, 0) is 48.5 Å². The molecule has 2 atom stereocenters. The van der Waals surface area contributed by atoms with Gasteiger partial charge in [0.15, 0.2) is 0 Å². The first kappa shape index (κ1) is 26.3. The van der Waals surface area contributed by atoms with Gasteiger partial charge in [0.05, 0.1) is 18.7 Å². The number of allylic oxidation sites excluding steroid dienone is 2. The van der Waals surface area contributed by atoms with E-state index in [1.807, 2.05) is 0 Å². The SMILES string of the molecule is CC(=O)NCC(=O)N(CCO)CC1CC(C(C)C)CC(/C=C(\N)c2c(F)cccc2F)=C1N. The van der Waals surface area contributed by atoms with Gasteiger partial charge in [-0.3, -0.25) is 9.59 Å². The van der Waals surface area contributed by atoms with Gasteiger partial charge in [-0.2, -0.15) is 0 Å². The van der Waals surface area contributed by atoms with E-state index in [2.05, 4.69) is 19.2 Å². The molecule has 182 valence electrons. The maximum Gasteiger partial charge on any atom is 0.242 e. The van der Waals surface area contributed by atoms with Crippen LogP contribution in [0, 0.1) is 29.4 Å². The predicted octanol–water partition coefficient (Wildman–Crippen LogP) is 2.12. The van der Waals surface area contributed by atoms with Crippen molar-refractivity contribution in [3.63, 3.8) is 0 Å². The molecule has 0 heterocycles. The Morgan fingerprint density at radius 1 is 1.30 bits per heavy atom. The van der Waals surface area contributed by atoms with E-state index in [4.69, 9.17) is 11.5 Å². The molecule has 33 heavy (non-hydrogen) atoms. The molecule has 0 fully saturated rings. The van der Waals surface area contributed by atoms with Crippen LogP contribution in [0.4, 0.5) is 8.78 Å². The van der Waals surface area contributed by atoms with Crippen molar-refractivity contribution in [2.24, 2.45) is 29.2 Å². The minimum absolute atomic E-state index is 0.0549. The minimum atomic E-state index is -0.756. The molecule has 0 spiro atoms. The highest BCUT2D eigenvalue weighted by Crippen LogP contribution is 2.37. The van der Waals surface area contributed by atoms with E-state index >= 15 is 0 Å². The summed E-state index contributed by atoms with van der Waals surface area (Å²) in [7, 11) is 0. The number of aliphatic hydroxyl groups is 1. The summed E-state index contributed by atoms with van der Waals surface area (Å²) in [4.78, 5) is 25.2. The number of carbonyl (C=O) groups is 2. The number of nitrogens with one attached hydrogen (secondary N) is 1. The average molecular weight is 465 g/mol. The molecule has 0 saturated heterocycles. The normalized spacial score (nSPS) is 19.1. The van der Waals surface area contributed by atoms with Crippen molar-refractivity contribution in [1.82, 2.24) is 10.2 Å². The third-order valence-electron chi connectivity index (χ3n) is 6.06. The van der Waals surface area contributed by atoms with E-state index in [0.717, 1.165) is 12.1 Å². The Labute approximate surface area is 193 Å². The van der Waals surface area contributed by atoms with E-state index in [0.29, 0.717) is 30.0 Å². The fourth-order valence-corrected chi connectivity index (χ4v) is 4.11. The Morgan fingerprint density at radius 3 is 2.48 bits per heavy atom. The van der Waals surface area contributed by atoms with Gasteiger partial charge >= 0.3 is 0 Å². The van der Waals surface area contributed by atoms with Crippen LogP contribution in [0.2, 0.25) is 0 Å². The number of rotatable bonds is 9. The Kier molecular flexibility index (Phi) is 9.40. The fraction of sp³-hybridized carbons (Fsp3) is 0.500. The van der Waals surface area contributed by atoms with Crippen LogP contribution in [-0.2, 0) is 9.59 Å². The molecule has 2 unspecified atom stereocenters. The molecule has 0 aromatic heterocycles. The Morgan fingerprint density at radius 2 is 1.94 bits per heavy atom. The highest BCUT2D eigenvalue weighted by Gasteiger charge is 2.31. The standard InChI is InChI=1S/C24H34F2N4O3/c1-14(2)16-9-17(11-21(27)23-19(25)5-4-6-20(23)26)24(28)18(10-16)13-30(7-8-31)22(33)12-29-15(3)32/h4-6,11,14,16,18,31H,7-10,12-13,27-28H2,1-3H3,(H,29,32)/b21-11-. The Hall–Kier alpha value is -2.94. The Balaban J connectivity index is 2.37. The van der Waals surface area contributed by atoms with Gasteiger partial charge in [-0.25, -0.2) is 8.78 Å². The summed E-state index contributed by atoms with van der Waals surface area (Å²) in [6.07, 6.45) is 2.83. The minimum Gasteiger partial charge on any atom is -0.402 e. The second-order valence-electron chi connectivity index (χ2n) is 8.79. The molecule has 2 rings (SSSR count). The molecule has 1 aromatic rings. The fourth-order valence-electron chi connectivity index (χ4n) is 4.11. The molecular weight excluding hydrogens is 430 g/mol. The van der Waals surface area contributed by atoms with Gasteiger partial charge in [0.1, 0.15) is 11.6 Å².